The molecule has 0 atom stereocenters. The van der Waals surface area contributed by atoms with Gasteiger partial charge >= 0.3 is 5.97 Å². The minimum atomic E-state index is -0.711. The fourth-order valence-corrected chi connectivity index (χ4v) is 0.911. The number of rotatable bonds is 6. The summed E-state index contributed by atoms with van der Waals surface area (Å²) < 4.78 is 0. The van der Waals surface area contributed by atoms with E-state index >= 15 is 0 Å². The number of primary amides is 1. The topological polar surface area (TPSA) is 106 Å². The van der Waals surface area contributed by atoms with Gasteiger partial charge in [0, 0.05) is 12.8 Å². The van der Waals surface area contributed by atoms with Crippen LogP contribution in [0.1, 0.15) is 66.7 Å². The van der Waals surface area contributed by atoms with Gasteiger partial charge in [-0.05, 0) is 25.7 Å². The Morgan fingerprint density at radius 3 is 1.30 bits per heavy atom. The van der Waals surface area contributed by atoms with Gasteiger partial charge in [-0.25, -0.2) is 0 Å². The average Bonchev–Trinajstić information content (AvgIpc) is 2.18. The highest BCUT2D eigenvalue weighted by atomic mass is 127. The lowest BCUT2D eigenvalue weighted by atomic mass is 10.3. The standard InChI is InChI=1S/C4H9NO.C4H9NS.C4H8O2.CH4.HI/c3*1-2-3-4(5)6;;/h2*2-3H2,1H3,(H2,5,6);2-3H2,1H3,(H,5,6);1H4;1H. The molecular formula is C13H31IN2O3S. The summed E-state index contributed by atoms with van der Waals surface area (Å²) in [5.41, 5.74) is 9.90. The van der Waals surface area contributed by atoms with Crippen LogP contribution in [0.3, 0.4) is 0 Å². The van der Waals surface area contributed by atoms with Gasteiger partial charge < -0.3 is 16.6 Å². The molecule has 1 amide bonds. The zero-order valence-corrected chi connectivity index (χ0v) is 15.1. The van der Waals surface area contributed by atoms with Crippen LogP contribution in [0.2, 0.25) is 0 Å². The van der Waals surface area contributed by atoms with Gasteiger partial charge in [-0.3, -0.25) is 9.59 Å². The summed E-state index contributed by atoms with van der Waals surface area (Å²) in [6.45, 7) is 5.82. The molecule has 0 saturated heterocycles. The smallest absolute Gasteiger partial charge is 0.303 e. The highest BCUT2D eigenvalue weighted by Gasteiger charge is 1.87. The number of halogens is 1. The van der Waals surface area contributed by atoms with Crippen molar-refractivity contribution in [2.45, 2.75) is 66.7 Å². The number of nitrogens with two attached hydrogens (primary N) is 2. The summed E-state index contributed by atoms with van der Waals surface area (Å²) in [6, 6.07) is 0. The molecule has 0 radical (unpaired) electrons. The number of hydrogen-bond acceptors (Lipinski definition) is 3. The Hall–Kier alpha value is -0.440. The summed E-state index contributed by atoms with van der Waals surface area (Å²) in [6.07, 6.45) is 4.34. The summed E-state index contributed by atoms with van der Waals surface area (Å²) in [5, 5.41) is 7.91. The fraction of sp³-hybridized carbons (Fsp3) is 0.769. The summed E-state index contributed by atoms with van der Waals surface area (Å²) in [5.74, 6) is -0.921. The molecule has 0 spiro atoms. The first-order valence-electron chi connectivity index (χ1n) is 6.10. The van der Waals surface area contributed by atoms with Crippen molar-refractivity contribution in [2.75, 3.05) is 0 Å². The highest BCUT2D eigenvalue weighted by Crippen LogP contribution is 1.83. The quantitative estimate of drug-likeness (QED) is 0.449. The number of amides is 1. The minimum Gasteiger partial charge on any atom is -0.481 e. The van der Waals surface area contributed by atoms with E-state index in [2.05, 4.69) is 19.1 Å². The van der Waals surface area contributed by atoms with Gasteiger partial charge in [0.15, 0.2) is 0 Å². The third-order valence-electron chi connectivity index (χ3n) is 1.46. The normalized spacial score (nSPS) is 7.35. The molecule has 0 aromatic rings. The zero-order chi connectivity index (χ0) is 15.0. The molecule has 5 nitrogen and oxygen atoms in total. The van der Waals surface area contributed by atoms with E-state index in [-0.39, 0.29) is 37.3 Å². The Kier molecular flexibility index (Phi) is 42.9. The first-order chi connectivity index (χ1) is 8.31. The maximum atomic E-state index is 9.82. The zero-order valence-electron chi connectivity index (χ0n) is 12.0. The molecule has 0 aromatic carbocycles. The van der Waals surface area contributed by atoms with Crippen molar-refractivity contribution in [3.63, 3.8) is 0 Å². The Labute approximate surface area is 145 Å². The van der Waals surface area contributed by atoms with Crippen LogP contribution in [0.15, 0.2) is 0 Å². The Balaban J connectivity index is -0.0000000536. The predicted octanol–water partition coefficient (Wildman–Crippen LogP) is 3.47. The van der Waals surface area contributed by atoms with Crippen LogP contribution in [0.4, 0.5) is 0 Å². The first-order valence-corrected chi connectivity index (χ1v) is 6.50. The van der Waals surface area contributed by atoms with Gasteiger partial charge in [0.1, 0.15) is 0 Å². The van der Waals surface area contributed by atoms with Crippen molar-refractivity contribution in [3.05, 3.63) is 0 Å². The third-order valence-corrected chi connectivity index (χ3v) is 1.66. The van der Waals surface area contributed by atoms with Crippen LogP contribution in [0.25, 0.3) is 0 Å². The van der Waals surface area contributed by atoms with Crippen LogP contribution >= 0.6 is 36.2 Å². The number of carboxylic acids is 1. The van der Waals surface area contributed by atoms with E-state index in [0.717, 1.165) is 25.7 Å². The molecule has 124 valence electrons. The molecule has 5 N–H and O–H groups in total. The van der Waals surface area contributed by atoms with Gasteiger partial charge in [-0.2, -0.15) is 0 Å². The van der Waals surface area contributed by atoms with Crippen LogP contribution in [-0.4, -0.2) is 22.0 Å². The fourth-order valence-electron chi connectivity index (χ4n) is 0.707. The van der Waals surface area contributed by atoms with Crippen molar-refractivity contribution in [1.82, 2.24) is 0 Å². The summed E-state index contributed by atoms with van der Waals surface area (Å²) in [7, 11) is 0. The average molecular weight is 422 g/mol. The van der Waals surface area contributed by atoms with Gasteiger partial charge in [0.25, 0.3) is 0 Å². The molecule has 0 aliphatic heterocycles. The van der Waals surface area contributed by atoms with Crippen molar-refractivity contribution in [3.8, 4) is 0 Å². The maximum Gasteiger partial charge on any atom is 0.303 e. The van der Waals surface area contributed by atoms with E-state index in [1.807, 2.05) is 13.8 Å². The summed E-state index contributed by atoms with van der Waals surface area (Å²) >= 11 is 4.57. The van der Waals surface area contributed by atoms with Crippen molar-refractivity contribution >= 4 is 53.1 Å². The molecule has 0 aliphatic carbocycles. The number of thiocarbonyl (C=S) groups is 1. The molecule has 0 heterocycles. The number of hydrogen-bond donors (Lipinski definition) is 3. The predicted molar refractivity (Wildman–Crippen MR) is 100 cm³/mol. The van der Waals surface area contributed by atoms with Crippen LogP contribution in [0, 0.1) is 0 Å². The minimum absolute atomic E-state index is 0. The number of carboxylic acid groups (broad SMARTS) is 1. The monoisotopic (exact) mass is 422 g/mol. The highest BCUT2D eigenvalue weighted by molar-refractivity contribution is 14.0. The van der Waals surface area contributed by atoms with Crippen molar-refractivity contribution in [2.24, 2.45) is 11.5 Å². The number of aliphatic carboxylic acids is 1. The largest absolute Gasteiger partial charge is 0.481 e. The lowest BCUT2D eigenvalue weighted by Gasteiger charge is -1.85. The second kappa shape index (κ2) is 27.0. The van der Waals surface area contributed by atoms with E-state index in [9.17, 15) is 9.59 Å². The second-order valence-electron chi connectivity index (χ2n) is 3.58. The molecule has 0 aromatic heterocycles. The molecule has 0 bridgehead atoms. The van der Waals surface area contributed by atoms with Gasteiger partial charge in [-0.15, -0.1) is 24.0 Å². The Morgan fingerprint density at radius 1 is 0.950 bits per heavy atom. The van der Waals surface area contributed by atoms with Gasteiger partial charge in [-0.1, -0.05) is 40.4 Å². The third kappa shape index (κ3) is 65.7. The molecule has 7 heteroatoms. The van der Waals surface area contributed by atoms with E-state index in [4.69, 9.17) is 16.6 Å². The summed E-state index contributed by atoms with van der Waals surface area (Å²) in [4.78, 5) is 20.0. The van der Waals surface area contributed by atoms with E-state index in [0.29, 0.717) is 17.8 Å². The first kappa shape index (κ1) is 31.8. The lowest BCUT2D eigenvalue weighted by Crippen LogP contribution is -2.08. The number of carbonyl (C=O) groups excluding carboxylic acids is 1. The van der Waals surface area contributed by atoms with Gasteiger partial charge in [0.2, 0.25) is 5.91 Å². The van der Waals surface area contributed by atoms with Crippen LogP contribution < -0.4 is 11.5 Å². The SMILES string of the molecule is C.CCCC(=O)O.CCCC(N)=O.CCCC(N)=S.I. The Morgan fingerprint density at radius 2 is 1.30 bits per heavy atom. The molecule has 0 unspecified atom stereocenters. The molecule has 0 saturated carbocycles. The molecule has 0 rings (SSSR count). The number of carbonyl (C=O) groups is 2. The Bertz CT molecular complexity index is 202. The molecule has 20 heavy (non-hydrogen) atoms. The van der Waals surface area contributed by atoms with Gasteiger partial charge in [0.05, 0.1) is 4.99 Å². The second-order valence-corrected chi connectivity index (χ2v) is 4.10. The molecule has 0 aliphatic rings. The van der Waals surface area contributed by atoms with Crippen molar-refractivity contribution in [1.29, 1.82) is 0 Å². The molecule has 0 fully saturated rings. The molecular weight excluding hydrogens is 391 g/mol. The van der Waals surface area contributed by atoms with E-state index < -0.39 is 5.97 Å². The van der Waals surface area contributed by atoms with E-state index in [1.54, 1.807) is 0 Å². The lowest BCUT2D eigenvalue weighted by molar-refractivity contribution is -0.137. The van der Waals surface area contributed by atoms with Crippen LogP contribution in [-0.2, 0) is 9.59 Å². The van der Waals surface area contributed by atoms with Crippen molar-refractivity contribution < 1.29 is 14.7 Å². The maximum absolute atomic E-state index is 9.82. The van der Waals surface area contributed by atoms with E-state index in [1.165, 1.54) is 0 Å². The van der Waals surface area contributed by atoms with Crippen LogP contribution in [0.5, 0.6) is 0 Å².